The van der Waals surface area contributed by atoms with Gasteiger partial charge in [-0.25, -0.2) is 9.78 Å². The van der Waals surface area contributed by atoms with Gasteiger partial charge in [0.05, 0.1) is 46.9 Å². The number of carboxylic acids is 1. The predicted octanol–water partition coefficient (Wildman–Crippen LogP) is 7.51. The van der Waals surface area contributed by atoms with Gasteiger partial charge in [-0.2, -0.15) is 0 Å². The Kier molecular flexibility index (Phi) is 8.64. The van der Waals surface area contributed by atoms with Gasteiger partial charge in [0.15, 0.2) is 0 Å². The lowest BCUT2D eigenvalue weighted by molar-refractivity contribution is -0.0506. The average Bonchev–Trinajstić information content (AvgIpc) is 3.18. The minimum atomic E-state index is -0.982. The van der Waals surface area contributed by atoms with Gasteiger partial charge in [0, 0.05) is 10.6 Å². The maximum atomic E-state index is 12.2. The molecule has 2 aromatic heterocycles. The number of nitrogens with zero attached hydrogens (tertiary/aromatic N) is 1. The van der Waals surface area contributed by atoms with Crippen LogP contribution in [0.4, 0.5) is 0 Å². The first kappa shape index (κ1) is 25.7. The molecule has 180 valence electrons. The van der Waals surface area contributed by atoms with Crippen molar-refractivity contribution in [3.63, 3.8) is 0 Å². The summed E-state index contributed by atoms with van der Waals surface area (Å²) in [6.07, 6.45) is 0. The van der Waals surface area contributed by atoms with Crippen LogP contribution in [0.5, 0.6) is 5.75 Å². The largest absolute Gasteiger partial charge is 0.492 e. The standard InChI is InChI=1S/C24H21NO4S.2C2H6/c1-13-7-8-19(29-12-15-10-28-11-15)21-17(24(26)27)9-18(25-22(13)21)23-14(2)16-5-3-4-6-20(16)30-23;2*1-2/h3-9,15H,10-12H2,1-2H3,(H,26,27);2*1-2H3. The summed E-state index contributed by atoms with van der Waals surface area (Å²) in [7, 11) is 0. The lowest BCUT2D eigenvalue weighted by atomic mass is 10.0. The van der Waals surface area contributed by atoms with Crippen molar-refractivity contribution in [3.8, 4) is 16.3 Å². The number of aromatic nitrogens is 1. The summed E-state index contributed by atoms with van der Waals surface area (Å²) in [4.78, 5) is 18.1. The van der Waals surface area contributed by atoms with E-state index in [1.54, 1.807) is 17.4 Å². The second kappa shape index (κ2) is 11.4. The molecule has 6 heteroatoms. The number of fused-ring (bicyclic) bond motifs is 2. The van der Waals surface area contributed by atoms with E-state index in [-0.39, 0.29) is 5.56 Å². The molecule has 1 aliphatic rings. The first-order valence-corrected chi connectivity index (χ1v) is 12.7. The van der Waals surface area contributed by atoms with Gasteiger partial charge in [0.2, 0.25) is 0 Å². The van der Waals surface area contributed by atoms with E-state index in [1.165, 1.54) is 10.1 Å². The summed E-state index contributed by atoms with van der Waals surface area (Å²) in [5.41, 5.74) is 3.62. The third kappa shape index (κ3) is 4.93. The fraction of sp³-hybridized carbons (Fsp3) is 0.357. The van der Waals surface area contributed by atoms with Crippen molar-refractivity contribution in [1.29, 1.82) is 0 Å². The zero-order chi connectivity index (χ0) is 24.8. The molecule has 0 atom stereocenters. The topological polar surface area (TPSA) is 68.7 Å². The highest BCUT2D eigenvalue weighted by Gasteiger charge is 2.23. The second-order valence-corrected chi connectivity index (χ2v) is 8.78. The summed E-state index contributed by atoms with van der Waals surface area (Å²) in [5, 5.41) is 11.7. The molecule has 4 aromatic rings. The molecule has 0 spiro atoms. The summed E-state index contributed by atoms with van der Waals surface area (Å²) in [6, 6.07) is 13.7. The number of carboxylic acid groups (broad SMARTS) is 1. The molecule has 0 amide bonds. The van der Waals surface area contributed by atoms with Crippen molar-refractivity contribution < 1.29 is 19.4 Å². The molecular weight excluding hydrogens is 446 g/mol. The van der Waals surface area contributed by atoms with Gasteiger partial charge in [-0.05, 0) is 48.6 Å². The number of rotatable bonds is 5. The first-order valence-electron chi connectivity index (χ1n) is 11.9. The van der Waals surface area contributed by atoms with Crippen LogP contribution in [0.1, 0.15) is 49.2 Å². The first-order chi connectivity index (χ1) is 16.5. The molecule has 5 rings (SSSR count). The van der Waals surface area contributed by atoms with Crippen LogP contribution in [0.25, 0.3) is 31.6 Å². The van der Waals surface area contributed by atoms with Crippen LogP contribution < -0.4 is 4.74 Å². The number of hydrogen-bond donors (Lipinski definition) is 1. The third-order valence-corrected chi connectivity index (χ3v) is 6.91. The number of thiophene rings is 1. The number of pyridine rings is 1. The van der Waals surface area contributed by atoms with Crippen LogP contribution in [0, 0.1) is 19.8 Å². The third-order valence-electron chi connectivity index (χ3n) is 5.61. The molecule has 1 N–H and O–H groups in total. The molecule has 0 unspecified atom stereocenters. The summed E-state index contributed by atoms with van der Waals surface area (Å²) < 4.78 is 12.4. The maximum absolute atomic E-state index is 12.2. The molecule has 5 nitrogen and oxygen atoms in total. The Bertz CT molecular complexity index is 1290. The van der Waals surface area contributed by atoms with Gasteiger partial charge in [0.25, 0.3) is 0 Å². The highest BCUT2D eigenvalue weighted by Crippen LogP contribution is 2.40. The van der Waals surface area contributed by atoms with E-state index < -0.39 is 5.97 Å². The predicted molar refractivity (Wildman–Crippen MR) is 141 cm³/mol. The van der Waals surface area contributed by atoms with Gasteiger partial charge >= 0.3 is 5.97 Å². The van der Waals surface area contributed by atoms with Gasteiger partial charge in [-0.1, -0.05) is 52.0 Å². The van der Waals surface area contributed by atoms with Crippen LogP contribution in [-0.2, 0) is 4.74 Å². The van der Waals surface area contributed by atoms with E-state index in [1.807, 2.05) is 58.9 Å². The highest BCUT2D eigenvalue weighted by atomic mass is 32.1. The van der Waals surface area contributed by atoms with Crippen LogP contribution >= 0.6 is 11.3 Å². The van der Waals surface area contributed by atoms with Gasteiger partial charge in [-0.3, -0.25) is 0 Å². The molecule has 0 saturated carbocycles. The Morgan fingerprint density at radius 2 is 1.82 bits per heavy atom. The van der Waals surface area contributed by atoms with E-state index >= 15 is 0 Å². The second-order valence-electron chi connectivity index (χ2n) is 7.73. The van der Waals surface area contributed by atoms with Crippen LogP contribution in [0.15, 0.2) is 42.5 Å². The Labute approximate surface area is 205 Å². The van der Waals surface area contributed by atoms with E-state index in [0.29, 0.717) is 48.1 Å². The van der Waals surface area contributed by atoms with Crippen molar-refractivity contribution in [3.05, 3.63) is 59.2 Å². The Morgan fingerprint density at radius 3 is 2.44 bits per heavy atom. The zero-order valence-corrected chi connectivity index (χ0v) is 21.6. The van der Waals surface area contributed by atoms with Crippen LogP contribution in [-0.4, -0.2) is 35.9 Å². The molecule has 34 heavy (non-hydrogen) atoms. The van der Waals surface area contributed by atoms with Gasteiger partial charge in [0.1, 0.15) is 5.75 Å². The Balaban J connectivity index is 0.000000771. The number of benzene rings is 2. The maximum Gasteiger partial charge on any atom is 0.336 e. The van der Waals surface area contributed by atoms with E-state index in [2.05, 4.69) is 19.1 Å². The average molecular weight is 480 g/mol. The van der Waals surface area contributed by atoms with Crippen molar-refractivity contribution in [2.45, 2.75) is 41.5 Å². The summed E-state index contributed by atoms with van der Waals surface area (Å²) >= 11 is 1.64. The number of aryl methyl sites for hydroxylation is 2. The van der Waals surface area contributed by atoms with Crippen LogP contribution in [0.3, 0.4) is 0 Å². The van der Waals surface area contributed by atoms with E-state index in [9.17, 15) is 9.90 Å². The van der Waals surface area contributed by atoms with Gasteiger partial charge in [-0.15, -0.1) is 11.3 Å². The number of aromatic carboxylic acids is 1. The molecule has 0 aliphatic carbocycles. The molecule has 0 bridgehead atoms. The minimum absolute atomic E-state index is 0.218. The number of carbonyl (C=O) groups is 1. The van der Waals surface area contributed by atoms with E-state index in [0.717, 1.165) is 16.0 Å². The normalized spacial score (nSPS) is 12.9. The summed E-state index contributed by atoms with van der Waals surface area (Å²) in [5.74, 6) is -0.0695. The van der Waals surface area contributed by atoms with E-state index in [4.69, 9.17) is 14.5 Å². The molecule has 1 fully saturated rings. The quantitative estimate of drug-likeness (QED) is 0.321. The lowest BCUT2D eigenvalue weighted by Crippen LogP contribution is -2.32. The molecule has 1 aliphatic heterocycles. The molecule has 1 saturated heterocycles. The lowest BCUT2D eigenvalue weighted by Gasteiger charge is -2.26. The minimum Gasteiger partial charge on any atom is -0.492 e. The van der Waals surface area contributed by atoms with Crippen molar-refractivity contribution in [2.75, 3.05) is 19.8 Å². The summed E-state index contributed by atoms with van der Waals surface area (Å²) in [6.45, 7) is 13.9. The smallest absolute Gasteiger partial charge is 0.336 e. The van der Waals surface area contributed by atoms with Crippen molar-refractivity contribution in [1.82, 2.24) is 4.98 Å². The highest BCUT2D eigenvalue weighted by molar-refractivity contribution is 7.22. The van der Waals surface area contributed by atoms with Crippen molar-refractivity contribution >= 4 is 38.3 Å². The van der Waals surface area contributed by atoms with Crippen molar-refractivity contribution in [2.24, 2.45) is 5.92 Å². The molecular formula is C28H33NO4S. The number of ether oxygens (including phenoxy) is 2. The fourth-order valence-electron chi connectivity index (χ4n) is 3.86. The molecule has 3 heterocycles. The monoisotopic (exact) mass is 479 g/mol. The Morgan fingerprint density at radius 1 is 1.12 bits per heavy atom. The SMILES string of the molecule is CC.CC.Cc1c(-c2cc(C(=O)O)c3c(OCC4COC4)ccc(C)c3n2)sc2ccccc12. The Hall–Kier alpha value is -2.96. The van der Waals surface area contributed by atoms with Crippen LogP contribution in [0.2, 0.25) is 0 Å². The fourth-order valence-corrected chi connectivity index (χ4v) is 5.02. The number of hydrogen-bond acceptors (Lipinski definition) is 5. The molecule has 0 radical (unpaired) electrons. The zero-order valence-electron chi connectivity index (χ0n) is 20.8. The van der Waals surface area contributed by atoms with Gasteiger partial charge < -0.3 is 14.6 Å². The molecule has 2 aromatic carbocycles.